The average molecular weight is 354 g/mol. The Morgan fingerprint density at radius 2 is 1.42 bits per heavy atom. The number of hydrogen-bond acceptors (Lipinski definition) is 6. The second-order valence-corrected chi connectivity index (χ2v) is 6.22. The van der Waals surface area contributed by atoms with Gasteiger partial charge in [0.15, 0.2) is 6.10 Å². The maximum atomic E-state index is 12.2. The number of hydrogen-bond donors (Lipinski definition) is 0. The van der Waals surface area contributed by atoms with Crippen molar-refractivity contribution in [2.24, 2.45) is 0 Å². The molecule has 4 rings (SSSR count). The van der Waals surface area contributed by atoms with Gasteiger partial charge in [-0.3, -0.25) is 0 Å². The summed E-state index contributed by atoms with van der Waals surface area (Å²) in [5.74, 6) is -0.874. The topological polar surface area (TPSA) is 71.1 Å². The van der Waals surface area contributed by atoms with Crippen molar-refractivity contribution in [3.05, 3.63) is 71.8 Å². The molecule has 0 unspecified atom stereocenters. The predicted molar refractivity (Wildman–Crippen MR) is 90.5 cm³/mol. The third kappa shape index (κ3) is 3.47. The molecule has 2 aromatic rings. The second-order valence-electron chi connectivity index (χ2n) is 6.22. The molecule has 26 heavy (non-hydrogen) atoms. The summed E-state index contributed by atoms with van der Waals surface area (Å²) in [4.78, 5) is 24.4. The van der Waals surface area contributed by atoms with E-state index < -0.39 is 30.4 Å². The highest BCUT2D eigenvalue weighted by atomic mass is 16.7. The molecule has 4 atom stereocenters. The highest BCUT2D eigenvalue weighted by Gasteiger charge is 2.49. The molecule has 2 aliphatic heterocycles. The lowest BCUT2D eigenvalue weighted by Crippen LogP contribution is -2.33. The van der Waals surface area contributed by atoms with Gasteiger partial charge in [0.05, 0.1) is 23.8 Å². The number of carbonyl (C=O) groups excluding carboxylic acids is 2. The van der Waals surface area contributed by atoms with E-state index in [1.54, 1.807) is 48.5 Å². The first-order valence-corrected chi connectivity index (χ1v) is 8.50. The molecule has 2 fully saturated rings. The number of rotatable bonds is 4. The largest absolute Gasteiger partial charge is 0.453 e. The van der Waals surface area contributed by atoms with E-state index in [9.17, 15) is 9.59 Å². The number of esters is 2. The van der Waals surface area contributed by atoms with Crippen LogP contribution < -0.4 is 0 Å². The van der Waals surface area contributed by atoms with E-state index >= 15 is 0 Å². The summed E-state index contributed by atoms with van der Waals surface area (Å²) >= 11 is 0. The molecule has 2 heterocycles. The molecule has 0 aromatic heterocycles. The van der Waals surface area contributed by atoms with E-state index in [4.69, 9.17) is 18.9 Å². The molecular weight excluding hydrogens is 336 g/mol. The van der Waals surface area contributed by atoms with Crippen molar-refractivity contribution in [2.75, 3.05) is 6.61 Å². The second kappa shape index (κ2) is 7.27. The molecule has 6 heteroatoms. The van der Waals surface area contributed by atoms with Crippen LogP contribution in [0.3, 0.4) is 0 Å². The van der Waals surface area contributed by atoms with Gasteiger partial charge in [0.1, 0.15) is 6.10 Å². The summed E-state index contributed by atoms with van der Waals surface area (Å²) in [5.41, 5.74) is 0.933. The molecule has 0 saturated carbocycles. The average Bonchev–Trinajstić information content (AvgIpc) is 3.24. The van der Waals surface area contributed by atoms with Gasteiger partial charge in [0, 0.05) is 6.42 Å². The van der Waals surface area contributed by atoms with E-state index in [0.29, 0.717) is 17.5 Å². The van der Waals surface area contributed by atoms with E-state index in [-0.39, 0.29) is 12.7 Å². The van der Waals surface area contributed by atoms with Crippen LogP contribution in [0.5, 0.6) is 0 Å². The molecule has 0 spiro atoms. The van der Waals surface area contributed by atoms with Crippen molar-refractivity contribution >= 4 is 11.9 Å². The first-order valence-electron chi connectivity index (χ1n) is 8.50. The van der Waals surface area contributed by atoms with Crippen LogP contribution in [0.2, 0.25) is 0 Å². The molecule has 2 saturated heterocycles. The molecule has 0 N–H and O–H groups in total. The van der Waals surface area contributed by atoms with Crippen molar-refractivity contribution in [1.82, 2.24) is 0 Å². The van der Waals surface area contributed by atoms with E-state index in [1.165, 1.54) is 0 Å². The van der Waals surface area contributed by atoms with E-state index in [1.807, 2.05) is 12.1 Å². The lowest BCUT2D eigenvalue weighted by atomic mass is 10.1. The van der Waals surface area contributed by atoms with Gasteiger partial charge in [-0.05, 0) is 24.3 Å². The third-order valence-electron chi connectivity index (χ3n) is 4.46. The first-order chi connectivity index (χ1) is 12.7. The molecule has 0 aliphatic carbocycles. The number of fused-ring (bicyclic) bond motifs is 1. The Bertz CT molecular complexity index is 775. The zero-order chi connectivity index (χ0) is 17.9. The predicted octanol–water partition coefficient (Wildman–Crippen LogP) is 2.58. The van der Waals surface area contributed by atoms with E-state index in [0.717, 1.165) is 0 Å². The number of ether oxygens (including phenoxy) is 4. The molecule has 0 bridgehead atoms. The Kier molecular flexibility index (Phi) is 4.69. The van der Waals surface area contributed by atoms with Gasteiger partial charge in [-0.15, -0.1) is 0 Å². The standard InChI is InChI=1S/C20H18O6/c21-19(13-7-3-1-4-8-13)24-16-12-23-15-11-17(25-18(15)16)26-20(22)14-9-5-2-6-10-14/h1-10,15-18H,11-12H2/t15-,16-,17+,18+/m1/s1. The maximum Gasteiger partial charge on any atom is 0.340 e. The van der Waals surface area contributed by atoms with Crippen LogP contribution in [0.1, 0.15) is 27.1 Å². The van der Waals surface area contributed by atoms with Crippen LogP contribution in [0, 0.1) is 0 Å². The van der Waals surface area contributed by atoms with Crippen LogP contribution in [0.15, 0.2) is 60.7 Å². The van der Waals surface area contributed by atoms with Crippen molar-refractivity contribution in [3.8, 4) is 0 Å². The Morgan fingerprint density at radius 1 is 0.846 bits per heavy atom. The molecule has 0 amide bonds. The Morgan fingerprint density at radius 3 is 2.04 bits per heavy atom. The lowest BCUT2D eigenvalue weighted by Gasteiger charge is -2.19. The quantitative estimate of drug-likeness (QED) is 0.786. The van der Waals surface area contributed by atoms with Gasteiger partial charge in [0.25, 0.3) is 0 Å². The van der Waals surface area contributed by atoms with Crippen LogP contribution in [0.4, 0.5) is 0 Å². The zero-order valence-corrected chi connectivity index (χ0v) is 13.9. The Hall–Kier alpha value is -2.70. The van der Waals surface area contributed by atoms with Crippen molar-refractivity contribution < 1.29 is 28.5 Å². The minimum atomic E-state index is -0.712. The van der Waals surface area contributed by atoms with Gasteiger partial charge < -0.3 is 18.9 Å². The summed E-state index contributed by atoms with van der Waals surface area (Å²) in [6.45, 7) is 0.271. The van der Waals surface area contributed by atoms with Crippen molar-refractivity contribution in [3.63, 3.8) is 0 Å². The van der Waals surface area contributed by atoms with Crippen LogP contribution >= 0.6 is 0 Å². The van der Waals surface area contributed by atoms with Crippen molar-refractivity contribution in [1.29, 1.82) is 0 Å². The summed E-state index contributed by atoms with van der Waals surface area (Å²) in [7, 11) is 0. The van der Waals surface area contributed by atoms with Gasteiger partial charge in [-0.2, -0.15) is 0 Å². The third-order valence-corrected chi connectivity index (χ3v) is 4.46. The van der Waals surface area contributed by atoms with E-state index in [2.05, 4.69) is 0 Å². The maximum absolute atomic E-state index is 12.2. The van der Waals surface area contributed by atoms with Crippen LogP contribution in [0.25, 0.3) is 0 Å². The highest BCUT2D eigenvalue weighted by Crippen LogP contribution is 2.33. The molecule has 2 aromatic carbocycles. The van der Waals surface area contributed by atoms with Gasteiger partial charge in [-0.25, -0.2) is 9.59 Å². The van der Waals surface area contributed by atoms with Crippen molar-refractivity contribution in [2.45, 2.75) is 31.0 Å². The summed E-state index contributed by atoms with van der Waals surface area (Å²) in [6, 6.07) is 17.5. The fourth-order valence-corrected chi connectivity index (χ4v) is 3.16. The Labute approximate surface area is 150 Å². The van der Waals surface area contributed by atoms with Gasteiger partial charge in [0.2, 0.25) is 6.29 Å². The minimum Gasteiger partial charge on any atom is -0.453 e. The molecule has 6 nitrogen and oxygen atoms in total. The fraction of sp³-hybridized carbons (Fsp3) is 0.300. The SMILES string of the molecule is O=C(O[C@H]1C[C@H]2OC[C@@H](OC(=O)c3ccccc3)[C@H]2O1)c1ccccc1. The smallest absolute Gasteiger partial charge is 0.340 e. The molecular formula is C20H18O6. The summed E-state index contributed by atoms with van der Waals surface area (Å²) in [6.07, 6.45) is -1.50. The summed E-state index contributed by atoms with van der Waals surface area (Å²) in [5, 5.41) is 0. The van der Waals surface area contributed by atoms with Gasteiger partial charge in [-0.1, -0.05) is 36.4 Å². The Balaban J connectivity index is 1.35. The number of carbonyl (C=O) groups is 2. The fourth-order valence-electron chi connectivity index (χ4n) is 3.16. The lowest BCUT2D eigenvalue weighted by molar-refractivity contribution is -0.124. The van der Waals surface area contributed by atoms with Gasteiger partial charge >= 0.3 is 11.9 Å². The highest BCUT2D eigenvalue weighted by molar-refractivity contribution is 5.90. The van der Waals surface area contributed by atoms with Crippen LogP contribution in [-0.2, 0) is 18.9 Å². The molecule has 0 radical (unpaired) electrons. The molecule has 134 valence electrons. The molecule has 2 aliphatic rings. The zero-order valence-electron chi connectivity index (χ0n) is 13.9. The first kappa shape index (κ1) is 16.8. The normalized spacial score (nSPS) is 26.9. The minimum absolute atomic E-state index is 0.253. The number of benzene rings is 2. The summed E-state index contributed by atoms with van der Waals surface area (Å²) < 4.78 is 22.3. The van der Waals surface area contributed by atoms with Crippen LogP contribution in [-0.4, -0.2) is 43.1 Å². The monoisotopic (exact) mass is 354 g/mol.